The van der Waals surface area contributed by atoms with Gasteiger partial charge in [0.1, 0.15) is 10.6 Å². The number of para-hydroxylation sites is 1. The van der Waals surface area contributed by atoms with Crippen molar-refractivity contribution in [1.82, 2.24) is 14.8 Å². The molecule has 2 fully saturated rings. The van der Waals surface area contributed by atoms with Crippen molar-refractivity contribution in [3.8, 4) is 5.75 Å². The van der Waals surface area contributed by atoms with Crippen LogP contribution in [0.5, 0.6) is 5.75 Å². The van der Waals surface area contributed by atoms with Gasteiger partial charge in [0.25, 0.3) is 15.9 Å². The molecule has 2 aliphatic rings. The molecule has 0 spiro atoms. The van der Waals surface area contributed by atoms with Gasteiger partial charge in [0.15, 0.2) is 0 Å². The molecule has 1 atom stereocenters. The van der Waals surface area contributed by atoms with E-state index in [1.54, 1.807) is 42.6 Å². The standard InChI is InChI=1S/C34H38N4O4S/c1-25(27-7-3-8-27)24-42-31-11-2-6-26(22-31)23-37-18-20-38(21-19-37)34(39)29-13-15-30(16-14-29)36-43(40,41)32-12-4-9-28-10-5-17-35-33(28)32/h2,4-6,9-17,22,25,27,36H,3,7-8,18-21,23-24H2,1H3. The molecule has 43 heavy (non-hydrogen) atoms. The highest BCUT2D eigenvalue weighted by Gasteiger charge is 2.25. The minimum Gasteiger partial charge on any atom is -0.493 e. The Kier molecular flexibility index (Phi) is 8.63. The number of fused-ring (bicyclic) bond motifs is 1. The molecule has 6 rings (SSSR count). The molecule has 1 saturated carbocycles. The second kappa shape index (κ2) is 12.7. The van der Waals surface area contributed by atoms with E-state index < -0.39 is 10.0 Å². The number of nitrogens with one attached hydrogen (secondary N) is 1. The highest BCUT2D eigenvalue weighted by Crippen LogP contribution is 2.33. The van der Waals surface area contributed by atoms with Crippen molar-refractivity contribution in [1.29, 1.82) is 0 Å². The van der Waals surface area contributed by atoms with E-state index in [4.69, 9.17) is 4.74 Å². The zero-order valence-corrected chi connectivity index (χ0v) is 25.3. The molecule has 1 aliphatic carbocycles. The number of anilines is 1. The third kappa shape index (κ3) is 6.84. The SMILES string of the molecule is CC(COc1cccc(CN2CCN(C(=O)c3ccc(NS(=O)(=O)c4cccc5cccnc45)cc3)CC2)c1)C1CCC1. The number of aromatic nitrogens is 1. The normalized spacial score (nSPS) is 16.9. The number of ether oxygens (including phenoxy) is 1. The lowest BCUT2D eigenvalue weighted by Crippen LogP contribution is -2.48. The number of piperazine rings is 1. The summed E-state index contributed by atoms with van der Waals surface area (Å²) in [5, 5.41) is 0.748. The fourth-order valence-electron chi connectivity index (χ4n) is 5.84. The van der Waals surface area contributed by atoms with Crippen LogP contribution in [0.2, 0.25) is 0 Å². The van der Waals surface area contributed by atoms with E-state index in [0.29, 0.717) is 35.8 Å². The second-order valence-electron chi connectivity index (χ2n) is 11.7. The lowest BCUT2D eigenvalue weighted by Gasteiger charge is -2.35. The van der Waals surface area contributed by atoms with Gasteiger partial charge >= 0.3 is 0 Å². The van der Waals surface area contributed by atoms with E-state index in [0.717, 1.165) is 43.3 Å². The minimum absolute atomic E-state index is 0.0525. The maximum absolute atomic E-state index is 13.2. The van der Waals surface area contributed by atoms with Crippen molar-refractivity contribution in [2.24, 2.45) is 11.8 Å². The predicted molar refractivity (Wildman–Crippen MR) is 169 cm³/mol. The summed E-state index contributed by atoms with van der Waals surface area (Å²) in [5.41, 5.74) is 2.55. The molecule has 2 heterocycles. The first-order valence-electron chi connectivity index (χ1n) is 15.1. The van der Waals surface area contributed by atoms with E-state index in [1.807, 2.05) is 23.1 Å². The Morgan fingerprint density at radius 2 is 1.72 bits per heavy atom. The van der Waals surface area contributed by atoms with Crippen LogP contribution in [0.4, 0.5) is 5.69 Å². The van der Waals surface area contributed by atoms with Crippen LogP contribution in [0.3, 0.4) is 0 Å². The summed E-state index contributed by atoms with van der Waals surface area (Å²) in [5.74, 6) is 2.28. The molecule has 9 heteroatoms. The fourth-order valence-corrected chi connectivity index (χ4v) is 7.08. The van der Waals surface area contributed by atoms with E-state index in [9.17, 15) is 13.2 Å². The molecular weight excluding hydrogens is 560 g/mol. The first-order chi connectivity index (χ1) is 20.9. The van der Waals surface area contributed by atoms with Crippen LogP contribution in [0.1, 0.15) is 42.1 Å². The van der Waals surface area contributed by atoms with Crippen molar-refractivity contribution >= 4 is 32.5 Å². The quantitative estimate of drug-likeness (QED) is 0.248. The van der Waals surface area contributed by atoms with Gasteiger partial charge in [-0.05, 0) is 65.9 Å². The molecule has 0 bridgehead atoms. The molecule has 1 aliphatic heterocycles. The molecule has 3 aromatic carbocycles. The maximum atomic E-state index is 13.2. The average Bonchev–Trinajstić information content (AvgIpc) is 2.99. The summed E-state index contributed by atoms with van der Waals surface area (Å²) >= 11 is 0. The number of carbonyl (C=O) groups is 1. The van der Waals surface area contributed by atoms with Gasteiger partial charge in [0, 0.05) is 55.6 Å². The largest absolute Gasteiger partial charge is 0.493 e. The highest BCUT2D eigenvalue weighted by molar-refractivity contribution is 7.93. The van der Waals surface area contributed by atoms with E-state index >= 15 is 0 Å². The Hall–Kier alpha value is -3.95. The molecule has 224 valence electrons. The topological polar surface area (TPSA) is 91.8 Å². The van der Waals surface area contributed by atoms with Gasteiger partial charge in [-0.25, -0.2) is 8.42 Å². The molecule has 1 amide bonds. The third-order valence-corrected chi connectivity index (χ3v) is 10.1. The van der Waals surface area contributed by atoms with Crippen molar-refractivity contribution < 1.29 is 17.9 Å². The smallest absolute Gasteiger partial charge is 0.264 e. The molecule has 4 aromatic rings. The predicted octanol–water partition coefficient (Wildman–Crippen LogP) is 5.81. The van der Waals surface area contributed by atoms with Crippen LogP contribution in [-0.4, -0.2) is 61.9 Å². The molecule has 1 unspecified atom stereocenters. The Bertz CT molecular complexity index is 1680. The lowest BCUT2D eigenvalue weighted by atomic mass is 9.77. The van der Waals surface area contributed by atoms with Gasteiger partial charge in [-0.2, -0.15) is 0 Å². The van der Waals surface area contributed by atoms with Crippen LogP contribution in [-0.2, 0) is 16.6 Å². The average molecular weight is 599 g/mol. The number of hydrogen-bond donors (Lipinski definition) is 1. The number of pyridine rings is 1. The maximum Gasteiger partial charge on any atom is 0.264 e. The van der Waals surface area contributed by atoms with Crippen LogP contribution >= 0.6 is 0 Å². The number of benzene rings is 3. The summed E-state index contributed by atoms with van der Waals surface area (Å²) in [7, 11) is -3.86. The van der Waals surface area contributed by atoms with Crippen molar-refractivity contribution in [2.45, 2.75) is 37.6 Å². The number of nitrogens with zero attached hydrogens (tertiary/aromatic N) is 3. The van der Waals surface area contributed by atoms with Crippen molar-refractivity contribution in [3.63, 3.8) is 0 Å². The van der Waals surface area contributed by atoms with Crippen molar-refractivity contribution in [2.75, 3.05) is 37.5 Å². The molecule has 8 nitrogen and oxygen atoms in total. The Morgan fingerprint density at radius 3 is 2.47 bits per heavy atom. The third-order valence-electron chi connectivity index (χ3n) is 8.70. The first kappa shape index (κ1) is 29.1. The van der Waals surface area contributed by atoms with Crippen LogP contribution in [0.15, 0.2) is 90.0 Å². The van der Waals surface area contributed by atoms with Gasteiger partial charge in [-0.3, -0.25) is 19.4 Å². The van der Waals surface area contributed by atoms with Gasteiger partial charge in [0.05, 0.1) is 12.1 Å². The zero-order chi connectivity index (χ0) is 29.8. The second-order valence-corrected chi connectivity index (χ2v) is 13.4. The summed E-state index contributed by atoms with van der Waals surface area (Å²) in [6, 6.07) is 23.6. The number of amides is 1. The number of carbonyl (C=O) groups excluding carboxylic acids is 1. The number of hydrogen-bond acceptors (Lipinski definition) is 6. The lowest BCUT2D eigenvalue weighted by molar-refractivity contribution is 0.0628. The fraction of sp³-hybridized carbons (Fsp3) is 0.353. The Morgan fingerprint density at radius 1 is 0.977 bits per heavy atom. The van der Waals surface area contributed by atoms with E-state index in [1.165, 1.54) is 30.9 Å². The van der Waals surface area contributed by atoms with Gasteiger partial charge in [-0.1, -0.05) is 56.5 Å². The number of rotatable bonds is 10. The minimum atomic E-state index is -3.86. The van der Waals surface area contributed by atoms with Crippen LogP contribution < -0.4 is 9.46 Å². The molecule has 1 aromatic heterocycles. The summed E-state index contributed by atoms with van der Waals surface area (Å²) in [4.78, 5) is 21.8. The van der Waals surface area contributed by atoms with E-state index in [-0.39, 0.29) is 10.8 Å². The zero-order valence-electron chi connectivity index (χ0n) is 24.5. The van der Waals surface area contributed by atoms with Gasteiger partial charge < -0.3 is 9.64 Å². The van der Waals surface area contributed by atoms with Crippen LogP contribution in [0, 0.1) is 11.8 Å². The Labute approximate surface area is 253 Å². The summed E-state index contributed by atoms with van der Waals surface area (Å²) < 4.78 is 35.0. The first-order valence-corrected chi connectivity index (χ1v) is 16.5. The van der Waals surface area contributed by atoms with Gasteiger partial charge in [-0.15, -0.1) is 0 Å². The monoisotopic (exact) mass is 598 g/mol. The molecule has 1 saturated heterocycles. The molecular formula is C34H38N4O4S. The van der Waals surface area contributed by atoms with Crippen molar-refractivity contribution in [3.05, 3.63) is 96.2 Å². The van der Waals surface area contributed by atoms with E-state index in [2.05, 4.69) is 39.7 Å². The van der Waals surface area contributed by atoms with Crippen LogP contribution in [0.25, 0.3) is 10.9 Å². The highest BCUT2D eigenvalue weighted by atomic mass is 32.2. The molecule has 1 N–H and O–H groups in total. The van der Waals surface area contributed by atoms with Gasteiger partial charge in [0.2, 0.25) is 0 Å². The molecule has 0 radical (unpaired) electrons. The summed E-state index contributed by atoms with van der Waals surface area (Å²) in [6.45, 7) is 6.71. The Balaban J connectivity index is 1.01. The summed E-state index contributed by atoms with van der Waals surface area (Å²) in [6.07, 6.45) is 5.59. The number of sulfonamides is 1.